The van der Waals surface area contributed by atoms with Gasteiger partial charge in [-0.3, -0.25) is 9.78 Å². The fraction of sp³-hybridized carbons (Fsp3) is 0.200. The molecule has 2 rings (SSSR count). The Bertz CT molecular complexity index is 627. The lowest BCUT2D eigenvalue weighted by Crippen LogP contribution is -2.19. The number of anilines is 1. The number of ether oxygens (including phenoxy) is 1. The number of pyridine rings is 1. The average molecular weight is 310 g/mol. The molecule has 0 radical (unpaired) electrons. The molecule has 0 bridgehead atoms. The van der Waals surface area contributed by atoms with Crippen LogP contribution in [0.5, 0.6) is 5.75 Å². The summed E-state index contributed by atoms with van der Waals surface area (Å²) in [6.07, 6.45) is -1.64. The van der Waals surface area contributed by atoms with Crippen LogP contribution in [0.25, 0.3) is 0 Å². The van der Waals surface area contributed by atoms with Crippen LogP contribution < -0.4 is 10.1 Å². The van der Waals surface area contributed by atoms with Gasteiger partial charge in [0.2, 0.25) is 5.91 Å². The minimum atomic E-state index is -4.73. The first kappa shape index (κ1) is 15.8. The molecule has 2 aromatic rings. The molecule has 0 aliphatic carbocycles. The summed E-state index contributed by atoms with van der Waals surface area (Å²) in [5, 5.41) is 2.68. The lowest BCUT2D eigenvalue weighted by atomic mass is 10.0. The van der Waals surface area contributed by atoms with Gasteiger partial charge in [-0.2, -0.15) is 0 Å². The molecule has 1 aromatic carbocycles. The van der Waals surface area contributed by atoms with Gasteiger partial charge in [-0.05, 0) is 36.8 Å². The molecule has 0 spiro atoms. The number of nitrogens with zero attached hydrogens (tertiary/aromatic N) is 1. The first-order chi connectivity index (χ1) is 10.3. The third-order valence-electron chi connectivity index (χ3n) is 2.94. The van der Waals surface area contributed by atoms with E-state index in [-0.39, 0.29) is 11.7 Å². The molecule has 0 saturated carbocycles. The molecule has 4 nitrogen and oxygen atoms in total. The van der Waals surface area contributed by atoms with Crippen LogP contribution in [0.15, 0.2) is 48.8 Å². The van der Waals surface area contributed by atoms with Gasteiger partial charge >= 0.3 is 6.36 Å². The van der Waals surface area contributed by atoms with Crippen LogP contribution in [0.1, 0.15) is 18.4 Å². The lowest BCUT2D eigenvalue weighted by molar-refractivity contribution is -0.274. The van der Waals surface area contributed by atoms with Crippen molar-refractivity contribution in [3.63, 3.8) is 0 Å². The van der Waals surface area contributed by atoms with Gasteiger partial charge in [-0.15, -0.1) is 13.2 Å². The second kappa shape index (κ2) is 6.46. The Kier molecular flexibility index (Phi) is 4.65. The maximum Gasteiger partial charge on any atom is 0.573 e. The van der Waals surface area contributed by atoms with E-state index >= 15 is 0 Å². The minimum absolute atomic E-state index is 0.280. The van der Waals surface area contributed by atoms with Crippen molar-refractivity contribution in [2.24, 2.45) is 0 Å². The molecule has 7 heteroatoms. The Morgan fingerprint density at radius 1 is 1.23 bits per heavy atom. The van der Waals surface area contributed by atoms with Gasteiger partial charge in [-0.25, -0.2) is 0 Å². The highest BCUT2D eigenvalue weighted by Gasteiger charge is 2.31. The molecule has 0 saturated heterocycles. The zero-order valence-corrected chi connectivity index (χ0v) is 11.6. The van der Waals surface area contributed by atoms with Crippen molar-refractivity contribution >= 4 is 11.6 Å². The number of nitrogens with one attached hydrogen (secondary N) is 1. The maximum absolute atomic E-state index is 12.1. The predicted octanol–water partition coefficient (Wildman–Crippen LogP) is 3.72. The summed E-state index contributed by atoms with van der Waals surface area (Å²) in [6, 6.07) is 8.58. The molecule has 0 fully saturated rings. The number of carbonyl (C=O) groups excluding carboxylic acids is 1. The van der Waals surface area contributed by atoms with E-state index in [4.69, 9.17) is 0 Å². The van der Waals surface area contributed by atoms with Gasteiger partial charge in [0, 0.05) is 6.20 Å². The Balaban J connectivity index is 2.03. The highest BCUT2D eigenvalue weighted by atomic mass is 19.4. The summed E-state index contributed by atoms with van der Waals surface area (Å²) in [5.41, 5.74) is 1.13. The van der Waals surface area contributed by atoms with Crippen LogP contribution in [0, 0.1) is 0 Å². The Labute approximate surface area is 124 Å². The number of halogens is 3. The second-order valence-corrected chi connectivity index (χ2v) is 4.57. The molecule has 1 heterocycles. The number of hydrogen-bond acceptors (Lipinski definition) is 3. The van der Waals surface area contributed by atoms with Crippen molar-refractivity contribution in [1.29, 1.82) is 0 Å². The number of rotatable bonds is 4. The van der Waals surface area contributed by atoms with E-state index in [9.17, 15) is 18.0 Å². The van der Waals surface area contributed by atoms with Gasteiger partial charge in [0.05, 0.1) is 17.8 Å². The second-order valence-electron chi connectivity index (χ2n) is 4.57. The summed E-state index contributed by atoms with van der Waals surface area (Å²) < 4.78 is 40.0. The summed E-state index contributed by atoms with van der Waals surface area (Å²) in [5.74, 6) is -1.13. The maximum atomic E-state index is 12.1. The van der Waals surface area contributed by atoms with E-state index < -0.39 is 12.3 Å². The van der Waals surface area contributed by atoms with Gasteiger partial charge < -0.3 is 10.1 Å². The molecule has 0 aliphatic heterocycles. The summed E-state index contributed by atoms with van der Waals surface area (Å²) in [7, 11) is 0. The molecule has 1 unspecified atom stereocenters. The summed E-state index contributed by atoms with van der Waals surface area (Å²) in [4.78, 5) is 16.0. The quantitative estimate of drug-likeness (QED) is 0.936. The van der Waals surface area contributed by atoms with E-state index in [1.165, 1.54) is 30.5 Å². The Morgan fingerprint density at radius 3 is 2.45 bits per heavy atom. The summed E-state index contributed by atoms with van der Waals surface area (Å²) >= 11 is 0. The monoisotopic (exact) mass is 310 g/mol. The standard InChI is InChI=1S/C15H13F3N2O2/c1-10(14(21)20-12-3-2-8-19-9-12)11-4-6-13(7-5-11)22-15(16,17)18/h2-10H,1H3,(H,20,21). The van der Waals surface area contributed by atoms with Crippen molar-refractivity contribution in [2.75, 3.05) is 5.32 Å². The van der Waals surface area contributed by atoms with Crippen molar-refractivity contribution in [2.45, 2.75) is 19.2 Å². The van der Waals surface area contributed by atoms with Gasteiger partial charge in [0.15, 0.2) is 0 Å². The number of carbonyl (C=O) groups is 1. The molecular formula is C15H13F3N2O2. The summed E-state index contributed by atoms with van der Waals surface area (Å²) in [6.45, 7) is 1.66. The fourth-order valence-electron chi connectivity index (χ4n) is 1.80. The van der Waals surface area contributed by atoms with Crippen LogP contribution >= 0.6 is 0 Å². The molecule has 1 N–H and O–H groups in total. The van der Waals surface area contributed by atoms with Crippen LogP contribution in [-0.2, 0) is 4.79 Å². The van der Waals surface area contributed by atoms with Gasteiger partial charge in [0.1, 0.15) is 5.75 Å². The molecule has 1 amide bonds. The topological polar surface area (TPSA) is 51.2 Å². The molecule has 0 aliphatic rings. The smallest absolute Gasteiger partial charge is 0.406 e. The highest BCUT2D eigenvalue weighted by molar-refractivity contribution is 5.95. The third kappa shape index (κ3) is 4.47. The SMILES string of the molecule is CC(C(=O)Nc1cccnc1)c1ccc(OC(F)(F)F)cc1. The van der Waals surface area contributed by atoms with Crippen molar-refractivity contribution in [3.05, 3.63) is 54.4 Å². The van der Waals surface area contributed by atoms with E-state index in [0.29, 0.717) is 11.3 Å². The van der Waals surface area contributed by atoms with Gasteiger partial charge in [-0.1, -0.05) is 12.1 Å². The molecule has 1 atom stereocenters. The zero-order chi connectivity index (χ0) is 16.2. The van der Waals surface area contributed by atoms with E-state index in [1.807, 2.05) is 0 Å². The first-order valence-corrected chi connectivity index (χ1v) is 6.42. The van der Waals surface area contributed by atoms with E-state index in [1.54, 1.807) is 25.3 Å². The van der Waals surface area contributed by atoms with E-state index in [2.05, 4.69) is 15.0 Å². The van der Waals surface area contributed by atoms with Gasteiger partial charge in [0.25, 0.3) is 0 Å². The van der Waals surface area contributed by atoms with Crippen LogP contribution in [0.4, 0.5) is 18.9 Å². The lowest BCUT2D eigenvalue weighted by Gasteiger charge is -2.14. The Morgan fingerprint density at radius 2 is 1.91 bits per heavy atom. The molecule has 22 heavy (non-hydrogen) atoms. The zero-order valence-electron chi connectivity index (χ0n) is 11.6. The normalized spacial score (nSPS) is 12.5. The number of benzene rings is 1. The van der Waals surface area contributed by atoms with Crippen LogP contribution in [0.2, 0.25) is 0 Å². The van der Waals surface area contributed by atoms with Crippen molar-refractivity contribution in [1.82, 2.24) is 4.98 Å². The van der Waals surface area contributed by atoms with E-state index in [0.717, 1.165) is 0 Å². The van der Waals surface area contributed by atoms with Crippen molar-refractivity contribution in [3.8, 4) is 5.75 Å². The Hall–Kier alpha value is -2.57. The van der Waals surface area contributed by atoms with Crippen LogP contribution in [-0.4, -0.2) is 17.3 Å². The largest absolute Gasteiger partial charge is 0.573 e. The average Bonchev–Trinajstić information content (AvgIpc) is 2.46. The van der Waals surface area contributed by atoms with Crippen LogP contribution in [0.3, 0.4) is 0 Å². The third-order valence-corrected chi connectivity index (χ3v) is 2.94. The number of hydrogen-bond donors (Lipinski definition) is 1. The number of amides is 1. The number of alkyl halides is 3. The number of aromatic nitrogens is 1. The van der Waals surface area contributed by atoms with Crippen molar-refractivity contribution < 1.29 is 22.7 Å². The highest BCUT2D eigenvalue weighted by Crippen LogP contribution is 2.25. The molecule has 116 valence electrons. The first-order valence-electron chi connectivity index (χ1n) is 6.42. The minimum Gasteiger partial charge on any atom is -0.406 e. The fourth-order valence-corrected chi connectivity index (χ4v) is 1.80. The molecule has 1 aromatic heterocycles. The molecular weight excluding hydrogens is 297 g/mol. The predicted molar refractivity (Wildman–Crippen MR) is 74.4 cm³/mol.